The number of rotatable bonds is 4. The highest BCUT2D eigenvalue weighted by atomic mass is 16.5. The third-order valence-electron chi connectivity index (χ3n) is 2.95. The summed E-state index contributed by atoms with van der Waals surface area (Å²) < 4.78 is 5.67. The van der Waals surface area contributed by atoms with Gasteiger partial charge >= 0.3 is 0 Å². The van der Waals surface area contributed by atoms with E-state index in [0.29, 0.717) is 19.6 Å². The van der Waals surface area contributed by atoms with Crippen LogP contribution in [0.1, 0.15) is 18.9 Å². The van der Waals surface area contributed by atoms with E-state index in [1.807, 2.05) is 43.3 Å². The maximum absolute atomic E-state index is 11.5. The fourth-order valence-corrected chi connectivity index (χ4v) is 2.01. The van der Waals surface area contributed by atoms with Gasteiger partial charge < -0.3 is 10.1 Å². The number of carbonyl (C=O) groups is 1. The van der Waals surface area contributed by atoms with Gasteiger partial charge in [0.1, 0.15) is 0 Å². The average molecular weight is 245 g/mol. The standard InChI is InChI=1S/C15H19NO2/c1-12-7-8-14(9-15(17)16-12)11-18-10-13-5-3-2-4-6-13/h2-8,12,14H,9-11H2,1H3,(H,16,17)/t12-,14+/m0/s1. The van der Waals surface area contributed by atoms with Crippen molar-refractivity contribution >= 4 is 5.91 Å². The molecule has 0 saturated heterocycles. The predicted octanol–water partition coefficient (Wildman–Crippen LogP) is 2.28. The Labute approximate surface area is 108 Å². The van der Waals surface area contributed by atoms with E-state index >= 15 is 0 Å². The Bertz CT molecular complexity index is 414. The zero-order chi connectivity index (χ0) is 12.8. The highest BCUT2D eigenvalue weighted by Gasteiger charge is 2.16. The van der Waals surface area contributed by atoms with Crippen molar-refractivity contribution in [1.82, 2.24) is 5.32 Å². The summed E-state index contributed by atoms with van der Waals surface area (Å²) in [5.74, 6) is 0.277. The summed E-state index contributed by atoms with van der Waals surface area (Å²) in [6.45, 7) is 3.16. The first-order chi connectivity index (χ1) is 8.74. The number of nitrogens with one attached hydrogen (secondary N) is 1. The SMILES string of the molecule is C[C@H]1C=C[C@@H](COCc2ccccc2)CC(=O)N1. The van der Waals surface area contributed by atoms with Crippen molar-refractivity contribution in [1.29, 1.82) is 0 Å². The summed E-state index contributed by atoms with van der Waals surface area (Å²) in [4.78, 5) is 11.5. The molecule has 0 spiro atoms. The summed E-state index contributed by atoms with van der Waals surface area (Å²) in [6, 6.07) is 10.2. The lowest BCUT2D eigenvalue weighted by Gasteiger charge is -2.11. The minimum absolute atomic E-state index is 0.0980. The Morgan fingerprint density at radius 3 is 2.83 bits per heavy atom. The van der Waals surface area contributed by atoms with Gasteiger partial charge in [-0.05, 0) is 12.5 Å². The van der Waals surface area contributed by atoms with Gasteiger partial charge in [0.05, 0.1) is 13.2 Å². The van der Waals surface area contributed by atoms with Crippen LogP contribution in [0.3, 0.4) is 0 Å². The second-order valence-corrected chi connectivity index (χ2v) is 4.71. The minimum atomic E-state index is 0.0980. The molecule has 96 valence electrons. The summed E-state index contributed by atoms with van der Waals surface area (Å²) in [7, 11) is 0. The second-order valence-electron chi connectivity index (χ2n) is 4.71. The highest BCUT2D eigenvalue weighted by Crippen LogP contribution is 2.12. The predicted molar refractivity (Wildman–Crippen MR) is 70.9 cm³/mol. The van der Waals surface area contributed by atoms with E-state index in [1.54, 1.807) is 0 Å². The number of ether oxygens (including phenoxy) is 1. The Hall–Kier alpha value is -1.61. The second kappa shape index (κ2) is 6.36. The lowest BCUT2D eigenvalue weighted by molar-refractivity contribution is -0.122. The smallest absolute Gasteiger partial charge is 0.221 e. The number of amides is 1. The van der Waals surface area contributed by atoms with E-state index in [4.69, 9.17) is 4.74 Å². The molecule has 1 N–H and O–H groups in total. The minimum Gasteiger partial charge on any atom is -0.376 e. The molecule has 1 aliphatic rings. The molecule has 1 aromatic rings. The molecule has 1 amide bonds. The van der Waals surface area contributed by atoms with Crippen LogP contribution in [0.4, 0.5) is 0 Å². The molecule has 0 unspecified atom stereocenters. The molecule has 3 nitrogen and oxygen atoms in total. The van der Waals surface area contributed by atoms with Crippen molar-refractivity contribution in [2.45, 2.75) is 26.0 Å². The van der Waals surface area contributed by atoms with Gasteiger partial charge in [-0.3, -0.25) is 4.79 Å². The molecule has 18 heavy (non-hydrogen) atoms. The first kappa shape index (κ1) is 12.8. The van der Waals surface area contributed by atoms with Gasteiger partial charge in [0.15, 0.2) is 0 Å². The largest absolute Gasteiger partial charge is 0.376 e. The number of benzene rings is 1. The number of hydrogen-bond donors (Lipinski definition) is 1. The summed E-state index contributed by atoms with van der Waals surface area (Å²) >= 11 is 0. The van der Waals surface area contributed by atoms with Gasteiger partial charge in [0, 0.05) is 18.4 Å². The van der Waals surface area contributed by atoms with E-state index in [1.165, 1.54) is 0 Å². The van der Waals surface area contributed by atoms with Crippen LogP contribution in [-0.2, 0) is 16.1 Å². The molecule has 0 aliphatic carbocycles. The van der Waals surface area contributed by atoms with Crippen LogP contribution in [0.5, 0.6) is 0 Å². The van der Waals surface area contributed by atoms with Gasteiger partial charge in [-0.2, -0.15) is 0 Å². The van der Waals surface area contributed by atoms with Crippen LogP contribution < -0.4 is 5.32 Å². The molecule has 1 aromatic carbocycles. The van der Waals surface area contributed by atoms with E-state index in [9.17, 15) is 4.79 Å². The van der Waals surface area contributed by atoms with E-state index in [2.05, 4.69) is 11.4 Å². The molecular formula is C15H19NO2. The molecule has 2 atom stereocenters. The fraction of sp³-hybridized carbons (Fsp3) is 0.400. The molecular weight excluding hydrogens is 226 g/mol. The van der Waals surface area contributed by atoms with Crippen molar-refractivity contribution in [3.05, 3.63) is 48.0 Å². The summed E-state index contributed by atoms with van der Waals surface area (Å²) in [5, 5.41) is 2.90. The van der Waals surface area contributed by atoms with Crippen molar-refractivity contribution in [2.24, 2.45) is 5.92 Å². The zero-order valence-electron chi connectivity index (χ0n) is 10.6. The van der Waals surface area contributed by atoms with Crippen LogP contribution in [0.2, 0.25) is 0 Å². The lowest BCUT2D eigenvalue weighted by atomic mass is 10.1. The van der Waals surface area contributed by atoms with Gasteiger partial charge in [-0.25, -0.2) is 0 Å². The maximum Gasteiger partial charge on any atom is 0.221 e. The van der Waals surface area contributed by atoms with Crippen LogP contribution in [0.25, 0.3) is 0 Å². The molecule has 0 saturated carbocycles. The topological polar surface area (TPSA) is 38.3 Å². The molecule has 3 heteroatoms. The first-order valence-electron chi connectivity index (χ1n) is 6.33. The summed E-state index contributed by atoms with van der Waals surface area (Å²) in [6.07, 6.45) is 4.62. The average Bonchev–Trinajstić information content (AvgIpc) is 2.52. The van der Waals surface area contributed by atoms with Crippen molar-refractivity contribution in [3.8, 4) is 0 Å². The van der Waals surface area contributed by atoms with Gasteiger partial charge in [-0.15, -0.1) is 0 Å². The van der Waals surface area contributed by atoms with Crippen LogP contribution in [0.15, 0.2) is 42.5 Å². The Morgan fingerprint density at radius 2 is 2.06 bits per heavy atom. The monoisotopic (exact) mass is 245 g/mol. The van der Waals surface area contributed by atoms with E-state index < -0.39 is 0 Å². The molecule has 0 fully saturated rings. The molecule has 1 aliphatic heterocycles. The Kier molecular flexibility index (Phi) is 4.53. The molecule has 0 radical (unpaired) electrons. The number of hydrogen-bond acceptors (Lipinski definition) is 2. The highest BCUT2D eigenvalue weighted by molar-refractivity contribution is 5.77. The Balaban J connectivity index is 1.79. The van der Waals surface area contributed by atoms with E-state index in [0.717, 1.165) is 5.56 Å². The van der Waals surface area contributed by atoms with Gasteiger partial charge in [0.2, 0.25) is 5.91 Å². The van der Waals surface area contributed by atoms with Gasteiger partial charge in [-0.1, -0.05) is 42.5 Å². The van der Waals surface area contributed by atoms with Gasteiger partial charge in [0.25, 0.3) is 0 Å². The summed E-state index contributed by atoms with van der Waals surface area (Å²) in [5.41, 5.74) is 1.16. The third kappa shape index (κ3) is 4.00. The van der Waals surface area contributed by atoms with Crippen molar-refractivity contribution in [2.75, 3.05) is 6.61 Å². The normalized spacial score (nSPS) is 23.5. The quantitative estimate of drug-likeness (QED) is 0.826. The molecule has 0 aromatic heterocycles. The molecule has 0 bridgehead atoms. The molecule has 2 rings (SSSR count). The third-order valence-corrected chi connectivity index (χ3v) is 2.95. The number of carbonyl (C=O) groups excluding carboxylic acids is 1. The lowest BCUT2D eigenvalue weighted by Crippen LogP contribution is -2.30. The van der Waals surface area contributed by atoms with Crippen molar-refractivity contribution in [3.63, 3.8) is 0 Å². The maximum atomic E-state index is 11.5. The molecule has 1 heterocycles. The van der Waals surface area contributed by atoms with Crippen LogP contribution in [0, 0.1) is 5.92 Å². The van der Waals surface area contributed by atoms with Crippen LogP contribution in [-0.4, -0.2) is 18.6 Å². The Morgan fingerprint density at radius 1 is 1.28 bits per heavy atom. The first-order valence-corrected chi connectivity index (χ1v) is 6.33. The fourth-order valence-electron chi connectivity index (χ4n) is 2.01. The van der Waals surface area contributed by atoms with E-state index in [-0.39, 0.29) is 17.9 Å². The zero-order valence-corrected chi connectivity index (χ0v) is 10.6. The van der Waals surface area contributed by atoms with Crippen LogP contribution >= 0.6 is 0 Å². The van der Waals surface area contributed by atoms with Crippen molar-refractivity contribution < 1.29 is 9.53 Å².